The van der Waals surface area contributed by atoms with E-state index < -0.39 is 18.2 Å². The number of hydrogen-bond acceptors (Lipinski definition) is 1. The molecule has 4 heteroatoms. The maximum absolute atomic E-state index is 11.8. The van der Waals surface area contributed by atoms with Gasteiger partial charge in [0.15, 0.2) is 0 Å². The van der Waals surface area contributed by atoms with E-state index in [1.54, 1.807) is 0 Å². The van der Waals surface area contributed by atoms with Crippen molar-refractivity contribution in [3.8, 4) is 0 Å². The van der Waals surface area contributed by atoms with Crippen LogP contribution in [0.3, 0.4) is 0 Å². The molecule has 0 aromatic carbocycles. The van der Waals surface area contributed by atoms with E-state index in [1.807, 2.05) is 0 Å². The van der Waals surface area contributed by atoms with Crippen molar-refractivity contribution in [3.63, 3.8) is 0 Å². The van der Waals surface area contributed by atoms with E-state index in [1.165, 1.54) is 0 Å². The first-order chi connectivity index (χ1) is 4.50. The molecular weight excluding hydrogens is 145 g/mol. The molecule has 1 aliphatic rings. The van der Waals surface area contributed by atoms with E-state index in [4.69, 9.17) is 5.11 Å². The van der Waals surface area contributed by atoms with Crippen molar-refractivity contribution in [2.75, 3.05) is 0 Å². The molecule has 10 heavy (non-hydrogen) atoms. The highest BCUT2D eigenvalue weighted by Gasteiger charge is 2.43. The highest BCUT2D eigenvalue weighted by atomic mass is 19.4. The van der Waals surface area contributed by atoms with Crippen molar-refractivity contribution in [1.82, 2.24) is 0 Å². The predicted molar refractivity (Wildman–Crippen MR) is 29.4 cm³/mol. The molecular formula is C6H9F3O. The van der Waals surface area contributed by atoms with Crippen molar-refractivity contribution < 1.29 is 18.3 Å². The van der Waals surface area contributed by atoms with Gasteiger partial charge in [0.2, 0.25) is 0 Å². The summed E-state index contributed by atoms with van der Waals surface area (Å²) < 4.78 is 35.5. The van der Waals surface area contributed by atoms with Gasteiger partial charge in [-0.3, -0.25) is 0 Å². The van der Waals surface area contributed by atoms with Crippen molar-refractivity contribution >= 4 is 0 Å². The second-order valence-electron chi connectivity index (χ2n) is 2.71. The third-order valence-corrected chi connectivity index (χ3v) is 1.87. The topological polar surface area (TPSA) is 20.2 Å². The molecule has 1 nitrogen and oxygen atoms in total. The molecule has 1 aliphatic carbocycles. The van der Waals surface area contributed by atoms with Gasteiger partial charge in [0.25, 0.3) is 0 Å². The van der Waals surface area contributed by atoms with Crippen LogP contribution >= 0.6 is 0 Å². The van der Waals surface area contributed by atoms with Gasteiger partial charge in [-0.2, -0.15) is 13.2 Å². The van der Waals surface area contributed by atoms with Crippen LogP contribution in [-0.4, -0.2) is 17.4 Å². The van der Waals surface area contributed by atoms with Crippen molar-refractivity contribution in [2.45, 2.75) is 31.5 Å². The Morgan fingerprint density at radius 1 is 1.20 bits per heavy atom. The van der Waals surface area contributed by atoms with E-state index in [0.29, 0.717) is 6.42 Å². The predicted octanol–water partition coefficient (Wildman–Crippen LogP) is 1.71. The number of rotatable bonds is 0. The van der Waals surface area contributed by atoms with Gasteiger partial charge in [0.05, 0.1) is 12.0 Å². The van der Waals surface area contributed by atoms with E-state index in [-0.39, 0.29) is 12.8 Å². The monoisotopic (exact) mass is 154 g/mol. The lowest BCUT2D eigenvalue weighted by molar-refractivity contribution is -0.174. The number of aliphatic hydroxyl groups is 1. The molecule has 0 aromatic heterocycles. The minimum absolute atomic E-state index is 0.0880. The Morgan fingerprint density at radius 3 is 2.00 bits per heavy atom. The van der Waals surface area contributed by atoms with Crippen LogP contribution < -0.4 is 0 Å². The van der Waals surface area contributed by atoms with Crippen LogP contribution in [0.5, 0.6) is 0 Å². The molecule has 0 aromatic rings. The summed E-state index contributed by atoms with van der Waals surface area (Å²) in [5.74, 6) is -1.26. The lowest BCUT2D eigenvalue weighted by Crippen LogP contribution is -2.20. The lowest BCUT2D eigenvalue weighted by atomic mass is 10.1. The van der Waals surface area contributed by atoms with Gasteiger partial charge >= 0.3 is 6.18 Å². The van der Waals surface area contributed by atoms with Crippen LogP contribution in [0.25, 0.3) is 0 Å². The summed E-state index contributed by atoms with van der Waals surface area (Å²) >= 11 is 0. The zero-order valence-corrected chi connectivity index (χ0v) is 5.36. The van der Waals surface area contributed by atoms with E-state index in [9.17, 15) is 13.2 Å². The fraction of sp³-hybridized carbons (Fsp3) is 1.00. The van der Waals surface area contributed by atoms with Crippen LogP contribution in [0.2, 0.25) is 0 Å². The Bertz CT molecular complexity index is 121. The molecule has 0 amide bonds. The zero-order valence-electron chi connectivity index (χ0n) is 5.36. The molecule has 0 unspecified atom stereocenters. The van der Waals surface area contributed by atoms with E-state index in [0.717, 1.165) is 0 Å². The third kappa shape index (κ3) is 1.62. The summed E-state index contributed by atoms with van der Waals surface area (Å²) in [7, 11) is 0. The Balaban J connectivity index is 2.45. The largest absolute Gasteiger partial charge is 0.393 e. The minimum atomic E-state index is -4.10. The summed E-state index contributed by atoms with van der Waals surface area (Å²) in [5, 5.41) is 8.76. The molecule has 0 aliphatic heterocycles. The first kappa shape index (κ1) is 7.85. The standard InChI is InChI=1S/C6H9F3O/c7-6(8,9)4-1-2-5(10)3-4/h4-5,10H,1-3H2/t4-,5-/m0/s1. The minimum Gasteiger partial charge on any atom is -0.393 e. The molecule has 2 atom stereocenters. The highest BCUT2D eigenvalue weighted by molar-refractivity contribution is 4.79. The van der Waals surface area contributed by atoms with Crippen LogP contribution in [0, 0.1) is 5.92 Å². The van der Waals surface area contributed by atoms with Gasteiger partial charge in [0, 0.05) is 0 Å². The van der Waals surface area contributed by atoms with Gasteiger partial charge in [-0.25, -0.2) is 0 Å². The first-order valence-corrected chi connectivity index (χ1v) is 3.25. The fourth-order valence-electron chi connectivity index (χ4n) is 1.25. The smallest absolute Gasteiger partial charge is 0.391 e. The van der Waals surface area contributed by atoms with Gasteiger partial charge in [-0.15, -0.1) is 0 Å². The Kier molecular flexibility index (Phi) is 1.90. The first-order valence-electron chi connectivity index (χ1n) is 3.25. The second kappa shape index (κ2) is 2.42. The summed E-state index contributed by atoms with van der Waals surface area (Å²) in [6.45, 7) is 0. The highest BCUT2D eigenvalue weighted by Crippen LogP contribution is 2.38. The van der Waals surface area contributed by atoms with Crippen molar-refractivity contribution in [3.05, 3.63) is 0 Å². The van der Waals surface area contributed by atoms with Gasteiger partial charge in [0.1, 0.15) is 0 Å². The average molecular weight is 154 g/mol. The molecule has 1 fully saturated rings. The number of alkyl halides is 3. The van der Waals surface area contributed by atoms with Crippen molar-refractivity contribution in [2.24, 2.45) is 5.92 Å². The second-order valence-corrected chi connectivity index (χ2v) is 2.71. The Hall–Kier alpha value is -0.250. The molecule has 0 radical (unpaired) electrons. The maximum atomic E-state index is 11.8. The molecule has 1 rings (SSSR count). The van der Waals surface area contributed by atoms with Gasteiger partial charge in [-0.05, 0) is 19.3 Å². The molecule has 60 valence electrons. The molecule has 0 bridgehead atoms. The van der Waals surface area contributed by atoms with E-state index in [2.05, 4.69) is 0 Å². The summed E-state index contributed by atoms with van der Waals surface area (Å²) in [4.78, 5) is 0. The van der Waals surface area contributed by atoms with E-state index >= 15 is 0 Å². The van der Waals surface area contributed by atoms with Crippen LogP contribution in [-0.2, 0) is 0 Å². The fourth-order valence-corrected chi connectivity index (χ4v) is 1.25. The molecule has 1 N–H and O–H groups in total. The number of aliphatic hydroxyl groups excluding tert-OH is 1. The quantitative estimate of drug-likeness (QED) is 0.563. The van der Waals surface area contributed by atoms with Gasteiger partial charge in [-0.1, -0.05) is 0 Å². The molecule has 1 saturated carbocycles. The Labute approximate surface area is 56.8 Å². The van der Waals surface area contributed by atoms with Crippen LogP contribution in [0.1, 0.15) is 19.3 Å². The zero-order chi connectivity index (χ0) is 7.78. The SMILES string of the molecule is O[C@H]1CC[C@H](C(F)(F)F)C1. The number of hydrogen-bond donors (Lipinski definition) is 1. The number of halogens is 3. The molecule has 0 spiro atoms. The normalized spacial score (nSPS) is 34.8. The Morgan fingerprint density at radius 2 is 1.80 bits per heavy atom. The maximum Gasteiger partial charge on any atom is 0.391 e. The lowest BCUT2D eigenvalue weighted by Gasteiger charge is -2.12. The summed E-state index contributed by atoms with van der Waals surface area (Å²) in [5.41, 5.74) is 0. The molecule has 0 heterocycles. The average Bonchev–Trinajstić information content (AvgIpc) is 2.11. The van der Waals surface area contributed by atoms with Crippen LogP contribution in [0.4, 0.5) is 13.2 Å². The van der Waals surface area contributed by atoms with Gasteiger partial charge < -0.3 is 5.11 Å². The molecule has 0 saturated heterocycles. The van der Waals surface area contributed by atoms with Crippen molar-refractivity contribution in [1.29, 1.82) is 0 Å². The summed E-state index contributed by atoms with van der Waals surface area (Å²) in [6, 6.07) is 0. The third-order valence-electron chi connectivity index (χ3n) is 1.87. The summed E-state index contributed by atoms with van der Waals surface area (Å²) in [6.07, 6.45) is -4.55. The van der Waals surface area contributed by atoms with Crippen LogP contribution in [0.15, 0.2) is 0 Å².